The molecule has 0 aliphatic rings. The molecule has 0 aliphatic carbocycles. The summed E-state index contributed by atoms with van der Waals surface area (Å²) in [6, 6.07) is 16.8. The molecule has 4 atom stereocenters. The third-order valence-electron chi connectivity index (χ3n) is 5.51. The zero-order chi connectivity index (χ0) is 26.1. The predicted octanol–water partition coefficient (Wildman–Crippen LogP) is 0.585. The van der Waals surface area contributed by atoms with Gasteiger partial charge in [-0.1, -0.05) is 18.2 Å². The second-order valence-electron chi connectivity index (χ2n) is 7.93. The summed E-state index contributed by atoms with van der Waals surface area (Å²) in [6.07, 6.45) is -5.40. The molecule has 0 saturated heterocycles. The summed E-state index contributed by atoms with van der Waals surface area (Å²) in [7, 11) is 3.18. The fourth-order valence-electron chi connectivity index (χ4n) is 3.42. The van der Waals surface area contributed by atoms with Crippen molar-refractivity contribution in [3.63, 3.8) is 0 Å². The lowest BCUT2D eigenvalue weighted by atomic mass is 10.0. The van der Waals surface area contributed by atoms with Crippen molar-refractivity contribution in [2.75, 3.05) is 26.3 Å². The van der Waals surface area contributed by atoms with E-state index in [1.54, 1.807) is 14.2 Å². The molecule has 3 aromatic rings. The van der Waals surface area contributed by atoms with Crippen LogP contribution in [0.25, 0.3) is 11.3 Å². The lowest BCUT2D eigenvalue weighted by Gasteiger charge is -2.23. The molecule has 3 rings (SSSR count). The number of aliphatic hydroxyl groups excluding tert-OH is 5. The molecule has 36 heavy (non-hydrogen) atoms. The average Bonchev–Trinajstić information content (AvgIpc) is 2.92. The summed E-state index contributed by atoms with van der Waals surface area (Å²) >= 11 is 0. The van der Waals surface area contributed by atoms with Gasteiger partial charge < -0.3 is 35.0 Å². The molecule has 0 aliphatic heterocycles. The molecule has 11 heteroatoms. The van der Waals surface area contributed by atoms with Gasteiger partial charge in [-0.2, -0.15) is 5.10 Å². The lowest BCUT2D eigenvalue weighted by Crippen LogP contribution is -2.46. The maximum Gasteiger partial charge on any atom is 0.172 e. The van der Waals surface area contributed by atoms with E-state index >= 15 is 0 Å². The van der Waals surface area contributed by atoms with Crippen molar-refractivity contribution in [1.29, 1.82) is 0 Å². The first-order chi connectivity index (χ1) is 17.4. The van der Waals surface area contributed by atoms with E-state index in [9.17, 15) is 20.4 Å². The number of rotatable bonds is 12. The molecule has 0 bridgehead atoms. The van der Waals surface area contributed by atoms with Gasteiger partial charge in [0.05, 0.1) is 32.7 Å². The van der Waals surface area contributed by atoms with Gasteiger partial charge in [0, 0.05) is 17.5 Å². The molecule has 1 heterocycles. The van der Waals surface area contributed by atoms with Crippen LogP contribution >= 0.6 is 0 Å². The van der Waals surface area contributed by atoms with Crippen molar-refractivity contribution in [3.05, 3.63) is 65.7 Å². The number of benzene rings is 2. The van der Waals surface area contributed by atoms with E-state index in [1.165, 1.54) is 0 Å². The Morgan fingerprint density at radius 3 is 2.31 bits per heavy atom. The van der Waals surface area contributed by atoms with Crippen LogP contribution in [0.1, 0.15) is 11.1 Å². The maximum absolute atomic E-state index is 10.1. The van der Waals surface area contributed by atoms with Crippen LogP contribution < -0.4 is 14.9 Å². The second kappa shape index (κ2) is 12.9. The van der Waals surface area contributed by atoms with Crippen LogP contribution in [0.3, 0.4) is 0 Å². The molecule has 6 N–H and O–H groups in total. The standard InChI is InChI=1S/C25H30N4O7/c1-35-18-9-7-15(8-10-18)19-12-17(11-16-5-3-4-6-22(16)36-2)25(29-27-19)28-26-13-20(31)23(33)24(34)21(32)14-30/h3-10,12-13,20-21,23-24,30-34H,11,14H2,1-2H3,(H,28,29)/b26-13+. The first kappa shape index (κ1) is 27.0. The second-order valence-corrected chi connectivity index (χ2v) is 7.93. The number of methoxy groups -OCH3 is 2. The summed E-state index contributed by atoms with van der Waals surface area (Å²) in [6.45, 7) is -0.775. The predicted molar refractivity (Wildman–Crippen MR) is 133 cm³/mol. The molecule has 0 amide bonds. The SMILES string of the molecule is COc1ccc(-c2cc(Cc3ccccc3OC)c(N/N=C/C(O)C(O)C(O)C(O)CO)nn2)cc1. The third kappa shape index (κ3) is 6.74. The van der Waals surface area contributed by atoms with Gasteiger partial charge in [-0.3, -0.25) is 5.43 Å². The zero-order valence-corrected chi connectivity index (χ0v) is 19.9. The van der Waals surface area contributed by atoms with Crippen LogP contribution in [0, 0.1) is 0 Å². The number of aliphatic hydroxyl groups is 5. The van der Waals surface area contributed by atoms with E-state index in [4.69, 9.17) is 14.6 Å². The monoisotopic (exact) mass is 498 g/mol. The Hall–Kier alpha value is -3.61. The minimum Gasteiger partial charge on any atom is -0.497 e. The van der Waals surface area contributed by atoms with Crippen LogP contribution in [0.2, 0.25) is 0 Å². The van der Waals surface area contributed by atoms with Crippen LogP contribution in [0.15, 0.2) is 59.7 Å². The van der Waals surface area contributed by atoms with E-state index in [1.807, 2.05) is 54.6 Å². The van der Waals surface area contributed by atoms with Crippen LogP contribution in [-0.2, 0) is 6.42 Å². The molecule has 192 valence electrons. The van der Waals surface area contributed by atoms with Crippen molar-refractivity contribution in [3.8, 4) is 22.8 Å². The molecule has 0 spiro atoms. The number of nitrogens with zero attached hydrogens (tertiary/aromatic N) is 3. The van der Waals surface area contributed by atoms with Crippen molar-refractivity contribution < 1.29 is 35.0 Å². The van der Waals surface area contributed by atoms with E-state index in [2.05, 4.69) is 20.7 Å². The Bertz CT molecular complexity index is 1140. The van der Waals surface area contributed by atoms with Gasteiger partial charge in [0.2, 0.25) is 0 Å². The fourth-order valence-corrected chi connectivity index (χ4v) is 3.42. The number of para-hydroxylation sites is 1. The Morgan fingerprint density at radius 2 is 1.64 bits per heavy atom. The number of anilines is 1. The first-order valence-electron chi connectivity index (χ1n) is 11.1. The number of aromatic nitrogens is 2. The van der Waals surface area contributed by atoms with E-state index < -0.39 is 31.0 Å². The Kier molecular flexibility index (Phi) is 9.68. The highest BCUT2D eigenvalue weighted by Crippen LogP contribution is 2.27. The summed E-state index contributed by atoms with van der Waals surface area (Å²) < 4.78 is 10.7. The van der Waals surface area contributed by atoms with Crippen LogP contribution in [0.4, 0.5) is 5.82 Å². The molecule has 4 unspecified atom stereocenters. The molecule has 1 aromatic heterocycles. The normalized spacial score (nSPS) is 14.8. The first-order valence-corrected chi connectivity index (χ1v) is 11.1. The third-order valence-corrected chi connectivity index (χ3v) is 5.51. The van der Waals surface area contributed by atoms with Gasteiger partial charge >= 0.3 is 0 Å². The fraction of sp³-hybridized carbons (Fsp3) is 0.320. The van der Waals surface area contributed by atoms with Crippen molar-refractivity contribution in [2.45, 2.75) is 30.8 Å². The number of nitrogens with one attached hydrogen (secondary N) is 1. The summed E-state index contributed by atoms with van der Waals surface area (Å²) in [5.74, 6) is 1.71. The molecule has 11 nitrogen and oxygen atoms in total. The molecular formula is C25H30N4O7. The average molecular weight is 499 g/mol. The Labute approximate surface area is 208 Å². The van der Waals surface area contributed by atoms with E-state index in [0.717, 1.165) is 22.9 Å². The number of hydrogen-bond donors (Lipinski definition) is 6. The van der Waals surface area contributed by atoms with Crippen molar-refractivity contribution in [2.24, 2.45) is 5.10 Å². The number of hydrogen-bond acceptors (Lipinski definition) is 11. The molecule has 0 saturated carbocycles. The number of ether oxygens (including phenoxy) is 2. The van der Waals surface area contributed by atoms with Gasteiger partial charge in [-0.15, -0.1) is 10.2 Å². The van der Waals surface area contributed by atoms with E-state index in [-0.39, 0.29) is 0 Å². The maximum atomic E-state index is 10.1. The Morgan fingerprint density at radius 1 is 0.917 bits per heavy atom. The molecular weight excluding hydrogens is 468 g/mol. The van der Waals surface area contributed by atoms with Crippen LogP contribution in [0.5, 0.6) is 11.5 Å². The molecule has 0 fully saturated rings. The highest BCUT2D eigenvalue weighted by atomic mass is 16.5. The van der Waals surface area contributed by atoms with Crippen LogP contribution in [-0.4, -0.2) is 87.2 Å². The zero-order valence-electron chi connectivity index (χ0n) is 19.9. The van der Waals surface area contributed by atoms with Crippen molar-refractivity contribution in [1.82, 2.24) is 10.2 Å². The van der Waals surface area contributed by atoms with Crippen molar-refractivity contribution >= 4 is 12.0 Å². The largest absolute Gasteiger partial charge is 0.497 e. The lowest BCUT2D eigenvalue weighted by molar-refractivity contribution is -0.0999. The molecule has 2 aromatic carbocycles. The molecule has 0 radical (unpaired) electrons. The van der Waals surface area contributed by atoms with Gasteiger partial charge in [0.1, 0.15) is 35.9 Å². The van der Waals surface area contributed by atoms with Gasteiger partial charge in [0.15, 0.2) is 5.82 Å². The minimum atomic E-state index is -1.77. The summed E-state index contributed by atoms with van der Waals surface area (Å²) in [5, 5.41) is 60.6. The topological polar surface area (TPSA) is 170 Å². The summed E-state index contributed by atoms with van der Waals surface area (Å²) in [4.78, 5) is 0. The minimum absolute atomic E-state index is 0.298. The smallest absolute Gasteiger partial charge is 0.172 e. The van der Waals surface area contributed by atoms with Gasteiger partial charge in [0.25, 0.3) is 0 Å². The quantitative estimate of drug-likeness (QED) is 0.153. The summed E-state index contributed by atoms with van der Waals surface area (Å²) in [5.41, 5.74) is 5.78. The van der Waals surface area contributed by atoms with E-state index in [0.29, 0.717) is 29.4 Å². The van der Waals surface area contributed by atoms with Gasteiger partial charge in [-0.05, 0) is 42.0 Å². The highest BCUT2D eigenvalue weighted by Gasteiger charge is 2.29. The Balaban J connectivity index is 1.87. The highest BCUT2D eigenvalue weighted by molar-refractivity contribution is 5.66. The number of hydrazone groups is 1. The van der Waals surface area contributed by atoms with Gasteiger partial charge in [-0.25, -0.2) is 0 Å².